The Balaban J connectivity index is 3.29. The second-order valence-electron chi connectivity index (χ2n) is 2.31. The fraction of sp³-hybridized carbons (Fsp3) is 0.200. The fourth-order valence-electron chi connectivity index (χ4n) is 0.677. The number of nitrogens with zero attached hydrogens (tertiary/aromatic N) is 2. The first-order chi connectivity index (χ1) is 5.41. The van der Waals surface area contributed by atoms with Gasteiger partial charge in [0.2, 0.25) is 0 Å². The van der Waals surface area contributed by atoms with Gasteiger partial charge in [0, 0.05) is 9.64 Å². The molecule has 0 amide bonds. The Hall–Kier alpha value is 0.900. The summed E-state index contributed by atoms with van der Waals surface area (Å²) in [4.78, 5) is 11.3. The van der Waals surface area contributed by atoms with Crippen molar-refractivity contribution in [1.82, 2.24) is 9.78 Å². The molecule has 3 atom stereocenters. The molecule has 66 valence electrons. The maximum atomic E-state index is 11.3. The van der Waals surface area contributed by atoms with E-state index in [1.54, 1.807) is 12.3 Å². The van der Waals surface area contributed by atoms with Crippen LogP contribution in [0.15, 0.2) is 17.1 Å². The van der Waals surface area contributed by atoms with Gasteiger partial charge in [0.15, 0.2) is 0 Å². The van der Waals surface area contributed by atoms with E-state index in [2.05, 4.69) is 55.4 Å². The highest BCUT2D eigenvalue weighted by Crippen LogP contribution is 2.37. The molecule has 0 aliphatic rings. The molecule has 1 rings (SSSR count). The number of hydrogen-bond acceptors (Lipinski definition) is 2. The molecule has 3 nitrogen and oxygen atoms in total. The minimum atomic E-state index is -0.485. The van der Waals surface area contributed by atoms with Crippen LogP contribution in [0.1, 0.15) is 0 Å². The smallest absolute Gasteiger partial charge is 0.268 e. The van der Waals surface area contributed by atoms with Crippen molar-refractivity contribution in [3.8, 4) is 0 Å². The minimum absolute atomic E-state index is 0.109. The first-order valence-corrected chi connectivity index (χ1v) is 5.84. The van der Waals surface area contributed by atoms with Gasteiger partial charge in [-0.3, -0.25) is 4.79 Å². The molecule has 0 saturated heterocycles. The first kappa shape index (κ1) is 11.0. The van der Waals surface area contributed by atoms with Gasteiger partial charge >= 0.3 is 0 Å². The summed E-state index contributed by atoms with van der Waals surface area (Å²) in [5, 5.41) is 3.98. The molecule has 0 N–H and O–H groups in total. The van der Waals surface area contributed by atoms with Crippen LogP contribution in [-0.2, 0) is 4.76 Å². The summed E-state index contributed by atoms with van der Waals surface area (Å²) >= 11 is 2.05. The molecule has 1 aromatic rings. The Morgan fingerprint density at radius 3 is 2.50 bits per heavy atom. The summed E-state index contributed by atoms with van der Waals surface area (Å²) in [7, 11) is 7.51. The molecule has 3 unspecified atom stereocenters. The molecule has 0 saturated carbocycles. The summed E-state index contributed by atoms with van der Waals surface area (Å²) in [5.41, 5.74) is -0.109. The maximum absolute atomic E-state index is 11.3. The lowest BCUT2D eigenvalue weighted by atomic mass is 10.6. The molecule has 0 radical (unpaired) electrons. The number of rotatable bonds is 1. The van der Waals surface area contributed by atoms with Crippen molar-refractivity contribution in [3.63, 3.8) is 0 Å². The van der Waals surface area contributed by atoms with Crippen molar-refractivity contribution in [3.05, 3.63) is 26.2 Å². The largest absolute Gasteiger partial charge is 0.269 e. The van der Waals surface area contributed by atoms with E-state index in [0.29, 0.717) is 0 Å². The topological polar surface area (TPSA) is 34.9 Å². The van der Waals surface area contributed by atoms with E-state index >= 15 is 0 Å². The molecule has 0 aliphatic heterocycles. The predicted octanol–water partition coefficient (Wildman–Crippen LogP) is 1.04. The van der Waals surface area contributed by atoms with E-state index in [4.69, 9.17) is 0 Å². The van der Waals surface area contributed by atoms with Gasteiger partial charge in [0.25, 0.3) is 5.56 Å². The third kappa shape index (κ3) is 2.70. The van der Waals surface area contributed by atoms with Gasteiger partial charge in [0.1, 0.15) is 4.76 Å². The van der Waals surface area contributed by atoms with Gasteiger partial charge in [-0.25, -0.2) is 4.68 Å². The quantitative estimate of drug-likeness (QED) is 0.569. The predicted molar refractivity (Wildman–Crippen MR) is 68.3 cm³/mol. The first-order valence-electron chi connectivity index (χ1n) is 3.03. The van der Waals surface area contributed by atoms with Crippen LogP contribution in [0.5, 0.6) is 0 Å². The van der Waals surface area contributed by atoms with Crippen LogP contribution in [0.3, 0.4) is 0 Å². The third-order valence-electron chi connectivity index (χ3n) is 1.13. The van der Waals surface area contributed by atoms with Crippen LogP contribution < -0.4 is 5.56 Å². The average Bonchev–Trinajstić information content (AvgIpc) is 1.83. The monoisotopic (exact) mass is 332 g/mol. The Morgan fingerprint density at radius 2 is 2.08 bits per heavy atom. The van der Waals surface area contributed by atoms with E-state index in [1.807, 2.05) is 0 Å². The van der Waals surface area contributed by atoms with Crippen molar-refractivity contribution in [2.75, 3.05) is 0 Å². The zero-order valence-electron chi connectivity index (χ0n) is 6.07. The molecule has 1 heterocycles. The number of halogens is 1. The Bertz CT molecular complexity index is 345. The zero-order valence-corrected chi connectivity index (χ0v) is 11.7. The second kappa shape index (κ2) is 3.96. The average molecular weight is 332 g/mol. The van der Waals surface area contributed by atoms with E-state index in [9.17, 15) is 4.79 Å². The second-order valence-corrected chi connectivity index (χ2v) is 8.33. The normalized spacial score (nSPS) is 11.7. The van der Waals surface area contributed by atoms with E-state index in [0.717, 1.165) is 3.57 Å². The van der Waals surface area contributed by atoms with Gasteiger partial charge in [-0.1, -0.05) is 27.7 Å². The molecule has 0 aromatic carbocycles. The maximum Gasteiger partial charge on any atom is 0.269 e. The Labute approximate surface area is 90.8 Å². The van der Waals surface area contributed by atoms with Crippen LogP contribution in [0.25, 0.3) is 0 Å². The van der Waals surface area contributed by atoms with Crippen LogP contribution in [0.2, 0.25) is 0 Å². The lowest BCUT2D eigenvalue weighted by molar-refractivity contribution is 0.645. The highest BCUT2D eigenvalue weighted by molar-refractivity contribution is 14.1. The number of hydrogen-bond donors (Lipinski definition) is 0. The van der Waals surface area contributed by atoms with Crippen molar-refractivity contribution in [2.45, 2.75) is 4.76 Å². The van der Waals surface area contributed by atoms with Gasteiger partial charge in [-0.05, 0) is 22.6 Å². The lowest BCUT2D eigenvalue weighted by Crippen LogP contribution is -2.29. The Kier molecular flexibility index (Phi) is 3.62. The van der Waals surface area contributed by atoms with Gasteiger partial charge in [-0.2, -0.15) is 5.10 Å². The number of aromatic nitrogens is 2. The molecule has 7 heteroatoms. The molecular formula is C5H8IN2OP3. The molecular weight excluding hydrogens is 324 g/mol. The van der Waals surface area contributed by atoms with Gasteiger partial charge in [-0.15, -0.1) is 0 Å². The van der Waals surface area contributed by atoms with Gasteiger partial charge in [0.05, 0.1) is 6.20 Å². The summed E-state index contributed by atoms with van der Waals surface area (Å²) in [6, 6.07) is 1.54. The van der Waals surface area contributed by atoms with Crippen LogP contribution in [0, 0.1) is 3.57 Å². The van der Waals surface area contributed by atoms with Gasteiger partial charge < -0.3 is 0 Å². The summed E-state index contributed by atoms with van der Waals surface area (Å²) in [6.07, 6.45) is 1.65. The summed E-state index contributed by atoms with van der Waals surface area (Å²) in [6.45, 7) is 0. The van der Waals surface area contributed by atoms with E-state index in [-0.39, 0.29) is 5.56 Å². The van der Waals surface area contributed by atoms with E-state index < -0.39 is 4.76 Å². The summed E-state index contributed by atoms with van der Waals surface area (Å²) in [5.74, 6) is 0. The SMILES string of the molecule is O=c1cc(I)cnn1C(P)(P)P. The standard InChI is InChI=1S/C5H8IN2OP3/c6-3-1-4(9)8(7-2-3)5(10,11)12/h1-2H,10-12H2. The van der Waals surface area contributed by atoms with Crippen molar-refractivity contribution in [1.29, 1.82) is 0 Å². The highest BCUT2D eigenvalue weighted by Gasteiger charge is 2.15. The van der Waals surface area contributed by atoms with Crippen LogP contribution in [0.4, 0.5) is 0 Å². The lowest BCUT2D eigenvalue weighted by Gasteiger charge is -2.19. The molecule has 0 spiro atoms. The van der Waals surface area contributed by atoms with Crippen molar-refractivity contribution >= 4 is 50.3 Å². The summed E-state index contributed by atoms with van der Waals surface area (Å²) < 4.78 is 1.73. The zero-order chi connectivity index (χ0) is 9.35. The molecule has 0 aliphatic carbocycles. The highest BCUT2D eigenvalue weighted by atomic mass is 127. The Morgan fingerprint density at radius 1 is 1.50 bits per heavy atom. The minimum Gasteiger partial charge on any atom is -0.268 e. The van der Waals surface area contributed by atoms with Crippen LogP contribution >= 0.6 is 50.3 Å². The fourth-order valence-corrected chi connectivity index (χ4v) is 1.65. The van der Waals surface area contributed by atoms with Crippen LogP contribution in [-0.4, -0.2) is 9.78 Å². The third-order valence-corrected chi connectivity index (χ3v) is 2.46. The molecule has 0 bridgehead atoms. The van der Waals surface area contributed by atoms with Crippen molar-refractivity contribution in [2.24, 2.45) is 0 Å². The van der Waals surface area contributed by atoms with Crippen molar-refractivity contribution < 1.29 is 0 Å². The molecule has 12 heavy (non-hydrogen) atoms. The van der Waals surface area contributed by atoms with E-state index in [1.165, 1.54) is 4.68 Å². The molecule has 0 fully saturated rings. The molecule has 1 aromatic heterocycles.